The van der Waals surface area contributed by atoms with Gasteiger partial charge in [0.2, 0.25) is 0 Å². The first-order chi connectivity index (χ1) is 9.56. The minimum Gasteiger partial charge on any atom is -0.483 e. The SMILES string of the molecule is Cc1ccnc(-c2cccc(CC(=O)O)c2)n1.O=CO. The first kappa shape index (κ1) is 15.3. The molecule has 0 fully saturated rings. The number of carboxylic acids is 1. The maximum atomic E-state index is 10.6. The van der Waals surface area contributed by atoms with Crippen LogP contribution in [0.25, 0.3) is 11.4 Å². The minimum atomic E-state index is -0.840. The third-order valence-corrected chi connectivity index (χ3v) is 2.34. The van der Waals surface area contributed by atoms with Crippen molar-refractivity contribution in [1.82, 2.24) is 9.97 Å². The maximum Gasteiger partial charge on any atom is 0.307 e. The van der Waals surface area contributed by atoms with Crippen molar-refractivity contribution in [3.8, 4) is 11.4 Å². The molecule has 2 N–H and O–H groups in total. The number of carbonyl (C=O) groups is 2. The molecule has 0 spiro atoms. The van der Waals surface area contributed by atoms with E-state index >= 15 is 0 Å². The highest BCUT2D eigenvalue weighted by Gasteiger charge is 2.04. The van der Waals surface area contributed by atoms with Gasteiger partial charge in [0.05, 0.1) is 6.42 Å². The zero-order valence-electron chi connectivity index (χ0n) is 10.9. The van der Waals surface area contributed by atoms with Crippen LogP contribution in [0, 0.1) is 6.92 Å². The van der Waals surface area contributed by atoms with Gasteiger partial charge in [0.25, 0.3) is 6.47 Å². The first-order valence-corrected chi connectivity index (χ1v) is 5.75. The van der Waals surface area contributed by atoms with E-state index in [1.165, 1.54) is 0 Å². The van der Waals surface area contributed by atoms with Gasteiger partial charge in [-0.05, 0) is 24.6 Å². The van der Waals surface area contributed by atoms with Crippen molar-refractivity contribution in [2.24, 2.45) is 0 Å². The number of aryl methyl sites for hydroxylation is 1. The fourth-order valence-corrected chi connectivity index (χ4v) is 1.58. The fraction of sp³-hybridized carbons (Fsp3) is 0.143. The van der Waals surface area contributed by atoms with Crippen molar-refractivity contribution in [1.29, 1.82) is 0 Å². The number of benzene rings is 1. The molecule has 20 heavy (non-hydrogen) atoms. The third-order valence-electron chi connectivity index (χ3n) is 2.34. The third kappa shape index (κ3) is 4.85. The summed E-state index contributed by atoms with van der Waals surface area (Å²) < 4.78 is 0. The molecule has 2 aromatic rings. The summed E-state index contributed by atoms with van der Waals surface area (Å²) in [5, 5.41) is 15.6. The van der Waals surface area contributed by atoms with E-state index in [1.54, 1.807) is 12.3 Å². The lowest BCUT2D eigenvalue weighted by Gasteiger charge is -2.03. The molecule has 0 saturated carbocycles. The minimum absolute atomic E-state index is 0.0135. The summed E-state index contributed by atoms with van der Waals surface area (Å²) in [6.45, 7) is 1.65. The van der Waals surface area contributed by atoms with Crippen LogP contribution in [0.3, 0.4) is 0 Å². The van der Waals surface area contributed by atoms with Crippen molar-refractivity contribution in [2.45, 2.75) is 13.3 Å². The summed E-state index contributed by atoms with van der Waals surface area (Å²) in [5.41, 5.74) is 2.48. The van der Waals surface area contributed by atoms with E-state index in [0.29, 0.717) is 5.82 Å². The lowest BCUT2D eigenvalue weighted by atomic mass is 10.1. The normalized spacial score (nSPS) is 9.25. The summed E-state index contributed by atoms with van der Waals surface area (Å²) in [6, 6.07) is 9.11. The van der Waals surface area contributed by atoms with Crippen LogP contribution in [-0.4, -0.2) is 32.6 Å². The van der Waals surface area contributed by atoms with Crippen molar-refractivity contribution in [3.05, 3.63) is 47.8 Å². The first-order valence-electron chi connectivity index (χ1n) is 5.75. The molecule has 0 amide bonds. The molecule has 1 heterocycles. The summed E-state index contributed by atoms with van der Waals surface area (Å²) in [6.07, 6.45) is 1.71. The Balaban J connectivity index is 0.000000612. The molecule has 0 atom stereocenters. The molecule has 0 saturated heterocycles. The summed E-state index contributed by atoms with van der Waals surface area (Å²) in [5.74, 6) is -0.218. The Hall–Kier alpha value is -2.76. The molecule has 1 aromatic heterocycles. The van der Waals surface area contributed by atoms with E-state index in [-0.39, 0.29) is 12.9 Å². The Morgan fingerprint density at radius 3 is 2.65 bits per heavy atom. The summed E-state index contributed by atoms with van der Waals surface area (Å²) in [4.78, 5) is 27.5. The van der Waals surface area contributed by atoms with Crippen molar-refractivity contribution in [3.63, 3.8) is 0 Å². The van der Waals surface area contributed by atoms with Crippen molar-refractivity contribution >= 4 is 12.4 Å². The van der Waals surface area contributed by atoms with Crippen LogP contribution in [0.5, 0.6) is 0 Å². The van der Waals surface area contributed by atoms with E-state index in [1.807, 2.05) is 31.2 Å². The van der Waals surface area contributed by atoms with Crippen molar-refractivity contribution < 1.29 is 19.8 Å². The van der Waals surface area contributed by atoms with Crippen molar-refractivity contribution in [2.75, 3.05) is 0 Å². The Labute approximate surface area is 115 Å². The highest BCUT2D eigenvalue weighted by molar-refractivity contribution is 5.71. The lowest BCUT2D eigenvalue weighted by molar-refractivity contribution is -0.136. The standard InChI is InChI=1S/C13H12N2O2.CH2O2/c1-9-5-6-14-13(15-9)11-4-2-3-10(7-11)8-12(16)17;2-1-3/h2-7H,8H2,1H3,(H,16,17);1H,(H,2,3). The zero-order chi connectivity index (χ0) is 15.0. The van der Waals surface area contributed by atoms with Gasteiger partial charge in [-0.2, -0.15) is 0 Å². The zero-order valence-corrected chi connectivity index (χ0v) is 10.9. The smallest absolute Gasteiger partial charge is 0.307 e. The molecular formula is C14H14N2O4. The Bertz CT molecular complexity index is 599. The van der Waals surface area contributed by atoms with Crippen LogP contribution in [0.15, 0.2) is 36.5 Å². The fourth-order valence-electron chi connectivity index (χ4n) is 1.58. The van der Waals surface area contributed by atoms with Gasteiger partial charge in [-0.15, -0.1) is 0 Å². The van der Waals surface area contributed by atoms with Crippen LogP contribution in [0.2, 0.25) is 0 Å². The van der Waals surface area contributed by atoms with Crippen LogP contribution >= 0.6 is 0 Å². The molecule has 0 bridgehead atoms. The molecule has 0 radical (unpaired) electrons. The molecule has 2 rings (SSSR count). The molecule has 0 aliphatic rings. The highest BCUT2D eigenvalue weighted by Crippen LogP contribution is 2.16. The average molecular weight is 274 g/mol. The molecule has 1 aromatic carbocycles. The van der Waals surface area contributed by atoms with E-state index in [0.717, 1.165) is 16.8 Å². The number of carboxylic acid groups (broad SMARTS) is 2. The van der Waals surface area contributed by atoms with Gasteiger partial charge < -0.3 is 10.2 Å². The molecular weight excluding hydrogens is 260 g/mol. The predicted molar refractivity (Wildman–Crippen MR) is 72.2 cm³/mol. The van der Waals surface area contributed by atoms with Gasteiger partial charge in [-0.25, -0.2) is 9.97 Å². The number of aliphatic carboxylic acids is 1. The molecule has 6 heteroatoms. The second-order valence-electron chi connectivity index (χ2n) is 3.90. The van der Waals surface area contributed by atoms with E-state index in [2.05, 4.69) is 9.97 Å². The van der Waals surface area contributed by atoms with E-state index < -0.39 is 5.97 Å². The van der Waals surface area contributed by atoms with Gasteiger partial charge in [0.1, 0.15) is 0 Å². The second kappa shape index (κ2) is 7.63. The molecule has 104 valence electrons. The number of hydrogen-bond donors (Lipinski definition) is 2. The molecule has 0 aliphatic carbocycles. The molecule has 0 unspecified atom stereocenters. The average Bonchev–Trinajstić information content (AvgIpc) is 2.39. The van der Waals surface area contributed by atoms with Gasteiger partial charge in [0.15, 0.2) is 5.82 Å². The Morgan fingerprint density at radius 2 is 2.05 bits per heavy atom. The number of hydrogen-bond acceptors (Lipinski definition) is 4. The number of aromatic nitrogens is 2. The predicted octanol–water partition coefficient (Wildman–Crippen LogP) is 1.78. The van der Waals surface area contributed by atoms with Gasteiger partial charge in [0, 0.05) is 17.5 Å². The maximum absolute atomic E-state index is 10.6. The molecule has 6 nitrogen and oxygen atoms in total. The summed E-state index contributed by atoms with van der Waals surface area (Å²) in [7, 11) is 0. The monoisotopic (exact) mass is 274 g/mol. The van der Waals surface area contributed by atoms with E-state index in [9.17, 15) is 4.79 Å². The molecule has 0 aliphatic heterocycles. The van der Waals surface area contributed by atoms with Crippen LogP contribution < -0.4 is 0 Å². The van der Waals surface area contributed by atoms with Gasteiger partial charge in [-0.1, -0.05) is 18.2 Å². The van der Waals surface area contributed by atoms with Gasteiger partial charge in [-0.3, -0.25) is 9.59 Å². The van der Waals surface area contributed by atoms with Crippen LogP contribution in [-0.2, 0) is 16.0 Å². The van der Waals surface area contributed by atoms with Crippen LogP contribution in [0.1, 0.15) is 11.3 Å². The quantitative estimate of drug-likeness (QED) is 0.827. The number of rotatable bonds is 3. The summed E-state index contributed by atoms with van der Waals surface area (Å²) >= 11 is 0. The van der Waals surface area contributed by atoms with Crippen LogP contribution in [0.4, 0.5) is 0 Å². The second-order valence-corrected chi connectivity index (χ2v) is 3.90. The lowest BCUT2D eigenvalue weighted by Crippen LogP contribution is -2.00. The largest absolute Gasteiger partial charge is 0.483 e. The Morgan fingerprint density at radius 1 is 1.35 bits per heavy atom. The van der Waals surface area contributed by atoms with Gasteiger partial charge >= 0.3 is 5.97 Å². The Kier molecular flexibility index (Phi) is 5.83. The number of nitrogens with zero attached hydrogens (tertiary/aromatic N) is 2. The highest BCUT2D eigenvalue weighted by atomic mass is 16.4. The topological polar surface area (TPSA) is 100 Å². The van der Waals surface area contributed by atoms with E-state index in [4.69, 9.17) is 15.0 Å².